The number of amides is 1. The Morgan fingerprint density at radius 1 is 1.09 bits per heavy atom. The molecular weight excluding hydrogens is 292 g/mol. The van der Waals surface area contributed by atoms with E-state index in [9.17, 15) is 24.8 Å². The van der Waals surface area contributed by atoms with E-state index >= 15 is 0 Å². The number of hydrogen-bond donors (Lipinski definition) is 3. The standard InChI is InChI=1S/C14H10N2O6/c17-11-7-2-1-5-9(11)15-13(18)12-8(14(19)20)4-3-6-10(12)16(21)22/h1-7,17H,(H,15,18)(H,19,20). The van der Waals surface area contributed by atoms with Crippen LogP contribution in [0.15, 0.2) is 42.5 Å². The molecular formula is C14H10N2O6. The van der Waals surface area contributed by atoms with Crippen molar-refractivity contribution in [2.24, 2.45) is 0 Å². The summed E-state index contributed by atoms with van der Waals surface area (Å²) in [5.74, 6) is -2.70. The first-order valence-corrected chi connectivity index (χ1v) is 6.02. The van der Waals surface area contributed by atoms with Crippen molar-refractivity contribution >= 4 is 23.3 Å². The smallest absolute Gasteiger partial charge is 0.336 e. The van der Waals surface area contributed by atoms with Crippen molar-refractivity contribution in [3.05, 3.63) is 63.7 Å². The summed E-state index contributed by atoms with van der Waals surface area (Å²) in [7, 11) is 0. The van der Waals surface area contributed by atoms with E-state index in [0.717, 1.165) is 12.1 Å². The number of rotatable bonds is 4. The number of anilines is 1. The third kappa shape index (κ3) is 2.85. The molecule has 2 rings (SSSR count). The monoisotopic (exact) mass is 302 g/mol. The van der Waals surface area contributed by atoms with E-state index in [4.69, 9.17) is 5.11 Å². The number of carboxylic acids is 1. The average molecular weight is 302 g/mol. The van der Waals surface area contributed by atoms with E-state index in [1.807, 2.05) is 0 Å². The zero-order valence-corrected chi connectivity index (χ0v) is 11.0. The minimum atomic E-state index is -1.47. The molecule has 0 aliphatic heterocycles. The van der Waals surface area contributed by atoms with Crippen molar-refractivity contribution < 1.29 is 24.7 Å². The molecule has 0 aromatic heterocycles. The Hall–Kier alpha value is -3.42. The SMILES string of the molecule is O=C(O)c1cccc([N+](=O)[O-])c1C(=O)Nc1ccccc1O. The van der Waals surface area contributed by atoms with Crippen LogP contribution >= 0.6 is 0 Å². The van der Waals surface area contributed by atoms with Gasteiger partial charge in [-0.05, 0) is 18.2 Å². The van der Waals surface area contributed by atoms with Gasteiger partial charge >= 0.3 is 5.97 Å². The normalized spacial score (nSPS) is 10.0. The van der Waals surface area contributed by atoms with Crippen molar-refractivity contribution in [2.75, 3.05) is 5.32 Å². The zero-order chi connectivity index (χ0) is 16.3. The van der Waals surface area contributed by atoms with Gasteiger partial charge in [-0.3, -0.25) is 14.9 Å². The second-order valence-corrected chi connectivity index (χ2v) is 4.23. The first-order chi connectivity index (χ1) is 10.4. The van der Waals surface area contributed by atoms with Crippen LogP contribution in [0.4, 0.5) is 11.4 Å². The van der Waals surface area contributed by atoms with Crippen LogP contribution < -0.4 is 5.32 Å². The predicted molar refractivity (Wildman–Crippen MR) is 76.1 cm³/mol. The highest BCUT2D eigenvalue weighted by Crippen LogP contribution is 2.26. The molecule has 0 saturated heterocycles. The fourth-order valence-electron chi connectivity index (χ4n) is 1.87. The van der Waals surface area contributed by atoms with E-state index in [1.54, 1.807) is 0 Å². The minimum Gasteiger partial charge on any atom is -0.506 e. The summed E-state index contributed by atoms with van der Waals surface area (Å²) in [6, 6.07) is 9.06. The molecule has 2 aromatic rings. The lowest BCUT2D eigenvalue weighted by Gasteiger charge is -2.09. The van der Waals surface area contributed by atoms with Crippen LogP contribution in [-0.4, -0.2) is 27.0 Å². The number of aromatic carboxylic acids is 1. The van der Waals surface area contributed by atoms with Crippen molar-refractivity contribution in [1.82, 2.24) is 0 Å². The van der Waals surface area contributed by atoms with Gasteiger partial charge in [0.1, 0.15) is 11.3 Å². The first kappa shape index (κ1) is 15.0. The Kier molecular flexibility index (Phi) is 4.03. The molecule has 0 spiro atoms. The lowest BCUT2D eigenvalue weighted by atomic mass is 10.0. The molecule has 0 fully saturated rings. The zero-order valence-electron chi connectivity index (χ0n) is 11.0. The number of carbonyl (C=O) groups excluding carboxylic acids is 1. The third-order valence-corrected chi connectivity index (χ3v) is 2.85. The molecule has 22 heavy (non-hydrogen) atoms. The van der Waals surface area contributed by atoms with Crippen LogP contribution in [0.25, 0.3) is 0 Å². The summed E-state index contributed by atoms with van der Waals surface area (Å²) in [5.41, 5.74) is -1.69. The number of phenolic OH excluding ortho intramolecular Hbond substituents is 1. The Morgan fingerprint density at radius 3 is 2.36 bits per heavy atom. The number of nitrogens with zero attached hydrogens (tertiary/aromatic N) is 1. The number of nitro groups is 1. The van der Waals surface area contributed by atoms with E-state index in [-0.39, 0.29) is 11.4 Å². The van der Waals surface area contributed by atoms with Crippen LogP contribution in [0.1, 0.15) is 20.7 Å². The summed E-state index contributed by atoms with van der Waals surface area (Å²) in [6.07, 6.45) is 0. The Labute approximate surface area is 123 Å². The fourth-order valence-corrected chi connectivity index (χ4v) is 1.87. The largest absolute Gasteiger partial charge is 0.506 e. The van der Waals surface area contributed by atoms with Gasteiger partial charge in [-0.2, -0.15) is 0 Å². The van der Waals surface area contributed by atoms with Gasteiger partial charge in [-0.25, -0.2) is 4.79 Å². The van der Waals surface area contributed by atoms with Gasteiger partial charge in [0, 0.05) is 6.07 Å². The highest BCUT2D eigenvalue weighted by Gasteiger charge is 2.27. The molecule has 0 aliphatic rings. The second kappa shape index (κ2) is 5.92. The quantitative estimate of drug-likeness (QED) is 0.451. The van der Waals surface area contributed by atoms with Crippen molar-refractivity contribution in [1.29, 1.82) is 0 Å². The van der Waals surface area contributed by atoms with Gasteiger partial charge in [0.05, 0.1) is 16.2 Å². The molecule has 0 atom stereocenters. The number of nitro benzene ring substituents is 1. The van der Waals surface area contributed by atoms with E-state index < -0.39 is 33.6 Å². The molecule has 112 valence electrons. The topological polar surface area (TPSA) is 130 Å². The molecule has 0 radical (unpaired) electrons. The van der Waals surface area contributed by atoms with Crippen LogP contribution in [0, 0.1) is 10.1 Å². The molecule has 3 N–H and O–H groups in total. The van der Waals surface area contributed by atoms with Gasteiger partial charge in [0.25, 0.3) is 11.6 Å². The summed E-state index contributed by atoms with van der Waals surface area (Å²) in [4.78, 5) is 33.6. The number of para-hydroxylation sites is 2. The van der Waals surface area contributed by atoms with Gasteiger partial charge in [-0.1, -0.05) is 18.2 Å². The number of carboxylic acid groups (broad SMARTS) is 1. The Morgan fingerprint density at radius 2 is 1.77 bits per heavy atom. The molecule has 0 bridgehead atoms. The van der Waals surface area contributed by atoms with Crippen molar-refractivity contribution in [3.8, 4) is 5.75 Å². The van der Waals surface area contributed by atoms with Crippen LogP contribution in [-0.2, 0) is 0 Å². The van der Waals surface area contributed by atoms with Crippen LogP contribution in [0.3, 0.4) is 0 Å². The highest BCUT2D eigenvalue weighted by atomic mass is 16.6. The number of benzene rings is 2. The summed E-state index contributed by atoms with van der Waals surface area (Å²) in [6.45, 7) is 0. The molecule has 8 nitrogen and oxygen atoms in total. The van der Waals surface area contributed by atoms with E-state index in [0.29, 0.717) is 0 Å². The Balaban J connectivity index is 2.51. The highest BCUT2D eigenvalue weighted by molar-refractivity contribution is 6.13. The number of aromatic hydroxyl groups is 1. The average Bonchev–Trinajstić information content (AvgIpc) is 2.48. The number of carbonyl (C=O) groups is 2. The molecule has 0 saturated carbocycles. The van der Waals surface area contributed by atoms with Crippen LogP contribution in [0.5, 0.6) is 5.75 Å². The molecule has 1 amide bonds. The lowest BCUT2D eigenvalue weighted by Crippen LogP contribution is -2.18. The van der Waals surface area contributed by atoms with Gasteiger partial charge in [-0.15, -0.1) is 0 Å². The summed E-state index contributed by atoms with van der Waals surface area (Å²) < 4.78 is 0. The Bertz CT molecular complexity index is 739. The summed E-state index contributed by atoms with van der Waals surface area (Å²) >= 11 is 0. The van der Waals surface area contributed by atoms with Gasteiger partial charge in [0.15, 0.2) is 0 Å². The predicted octanol–water partition coefficient (Wildman–Crippen LogP) is 2.25. The molecule has 0 heterocycles. The summed E-state index contributed by atoms with van der Waals surface area (Å²) in [5, 5.41) is 32.0. The third-order valence-electron chi connectivity index (χ3n) is 2.85. The first-order valence-electron chi connectivity index (χ1n) is 6.02. The minimum absolute atomic E-state index is 0.0157. The number of hydrogen-bond acceptors (Lipinski definition) is 5. The molecule has 2 aromatic carbocycles. The van der Waals surface area contributed by atoms with E-state index in [1.165, 1.54) is 30.3 Å². The van der Waals surface area contributed by atoms with Crippen molar-refractivity contribution in [2.45, 2.75) is 0 Å². The van der Waals surface area contributed by atoms with Gasteiger partial charge in [0.2, 0.25) is 0 Å². The molecule has 0 unspecified atom stereocenters. The second-order valence-electron chi connectivity index (χ2n) is 4.23. The molecule has 0 aliphatic carbocycles. The molecule has 8 heteroatoms. The fraction of sp³-hybridized carbons (Fsp3) is 0. The number of phenols is 1. The van der Waals surface area contributed by atoms with Crippen molar-refractivity contribution in [3.63, 3.8) is 0 Å². The van der Waals surface area contributed by atoms with Crippen LogP contribution in [0.2, 0.25) is 0 Å². The maximum atomic E-state index is 12.2. The van der Waals surface area contributed by atoms with E-state index in [2.05, 4.69) is 5.32 Å². The maximum Gasteiger partial charge on any atom is 0.336 e. The lowest BCUT2D eigenvalue weighted by molar-refractivity contribution is -0.385. The van der Waals surface area contributed by atoms with Gasteiger partial charge < -0.3 is 15.5 Å². The number of nitrogens with one attached hydrogen (secondary N) is 1. The maximum absolute atomic E-state index is 12.2.